The Balaban J connectivity index is 3.58. The van der Waals surface area contributed by atoms with Gasteiger partial charge < -0.3 is 19.8 Å². The summed E-state index contributed by atoms with van der Waals surface area (Å²) in [4.78, 5) is 11.4. The molecule has 0 saturated carbocycles. The first-order valence-corrected chi connectivity index (χ1v) is 12.1. The molecule has 5 heteroatoms. The van der Waals surface area contributed by atoms with Gasteiger partial charge in [-0.05, 0) is 6.42 Å². The summed E-state index contributed by atoms with van der Waals surface area (Å²) in [6.07, 6.45) is 20.3. The number of carboxylic acids is 1. The normalized spacial score (nSPS) is 13.6. The average molecular weight is 417 g/mol. The number of carboxylic acid groups (broad SMARTS) is 1. The van der Waals surface area contributed by atoms with Gasteiger partial charge >= 0.3 is 5.97 Å². The third kappa shape index (κ3) is 14.9. The van der Waals surface area contributed by atoms with Crippen molar-refractivity contribution in [2.24, 2.45) is 0 Å². The summed E-state index contributed by atoms with van der Waals surface area (Å²) in [5, 5.41) is 29.9. The largest absolute Gasteiger partial charge is 0.477 e. The van der Waals surface area contributed by atoms with Crippen molar-refractivity contribution < 1.29 is 24.6 Å². The zero-order valence-corrected chi connectivity index (χ0v) is 19.8. The third-order valence-corrected chi connectivity index (χ3v) is 5.84. The molecule has 29 heavy (non-hydrogen) atoms. The van der Waals surface area contributed by atoms with Crippen molar-refractivity contribution >= 4 is 5.97 Å². The SMILES string of the molecule is CCCCCCCCCCCCCCCCCCC(O)(O)C(C(=O)O)[N+](C)(C)C. The first-order chi connectivity index (χ1) is 13.6. The Kier molecular flexibility index (Phi) is 15.7. The van der Waals surface area contributed by atoms with Crippen LogP contribution in [-0.4, -0.2) is 58.7 Å². The van der Waals surface area contributed by atoms with E-state index in [9.17, 15) is 20.1 Å². The second-order valence-corrected chi connectivity index (χ2v) is 9.79. The highest BCUT2D eigenvalue weighted by atomic mass is 16.5. The molecule has 0 saturated heterocycles. The van der Waals surface area contributed by atoms with E-state index < -0.39 is 17.8 Å². The fourth-order valence-electron chi connectivity index (χ4n) is 4.22. The minimum Gasteiger partial charge on any atom is -0.477 e. The molecule has 0 aliphatic heterocycles. The Bertz CT molecular complexity index is 404. The molecule has 0 bridgehead atoms. The number of carbonyl (C=O) groups is 1. The molecule has 0 radical (unpaired) electrons. The fourth-order valence-corrected chi connectivity index (χ4v) is 4.22. The number of quaternary nitrogens is 1. The Morgan fingerprint density at radius 3 is 1.28 bits per heavy atom. The first-order valence-electron chi connectivity index (χ1n) is 12.1. The van der Waals surface area contributed by atoms with Crippen LogP contribution in [0.15, 0.2) is 0 Å². The lowest BCUT2D eigenvalue weighted by atomic mass is 9.97. The average Bonchev–Trinajstić information content (AvgIpc) is 2.59. The summed E-state index contributed by atoms with van der Waals surface area (Å²) in [5.74, 6) is -3.33. The molecule has 0 aromatic carbocycles. The quantitative estimate of drug-likeness (QED) is 0.139. The summed E-state index contributed by atoms with van der Waals surface area (Å²) in [7, 11) is 5.02. The highest BCUT2D eigenvalue weighted by molar-refractivity contribution is 5.73. The van der Waals surface area contributed by atoms with E-state index in [4.69, 9.17) is 0 Å². The van der Waals surface area contributed by atoms with E-state index in [1.165, 1.54) is 83.5 Å². The van der Waals surface area contributed by atoms with Crippen molar-refractivity contribution in [1.29, 1.82) is 0 Å². The molecule has 1 unspecified atom stereocenters. The number of aliphatic carboxylic acids is 1. The molecule has 0 rings (SSSR count). The standard InChI is InChI=1S/C24H49NO4/c1-5-6-7-8-9-10-11-12-13-14-15-16-17-18-19-20-21-24(28,29)22(23(26)27)25(2,3)4/h22,28-29H,5-21H2,1-4H3/p+1. The van der Waals surface area contributed by atoms with Crippen LogP contribution in [0.4, 0.5) is 0 Å². The van der Waals surface area contributed by atoms with Gasteiger partial charge in [-0.2, -0.15) is 0 Å². The summed E-state index contributed by atoms with van der Waals surface area (Å²) in [6.45, 7) is 2.26. The Morgan fingerprint density at radius 2 is 1.00 bits per heavy atom. The first kappa shape index (κ1) is 28.4. The van der Waals surface area contributed by atoms with Crippen LogP contribution in [0.2, 0.25) is 0 Å². The Labute approximate surface area is 180 Å². The highest BCUT2D eigenvalue weighted by Crippen LogP contribution is 2.23. The molecule has 5 nitrogen and oxygen atoms in total. The van der Waals surface area contributed by atoms with Gasteiger partial charge in [0, 0.05) is 6.42 Å². The molecular weight excluding hydrogens is 366 g/mol. The van der Waals surface area contributed by atoms with Crippen molar-refractivity contribution in [3.8, 4) is 0 Å². The van der Waals surface area contributed by atoms with Crippen molar-refractivity contribution in [3.05, 3.63) is 0 Å². The number of hydrogen-bond acceptors (Lipinski definition) is 3. The monoisotopic (exact) mass is 416 g/mol. The molecule has 1 atom stereocenters. The molecular formula is C24H50NO4+. The van der Waals surface area contributed by atoms with Crippen LogP contribution in [0.5, 0.6) is 0 Å². The van der Waals surface area contributed by atoms with E-state index in [2.05, 4.69) is 6.92 Å². The maximum atomic E-state index is 11.4. The zero-order chi connectivity index (χ0) is 22.2. The second kappa shape index (κ2) is 16.1. The topological polar surface area (TPSA) is 77.8 Å². The van der Waals surface area contributed by atoms with Gasteiger partial charge in [-0.1, -0.05) is 103 Å². The van der Waals surface area contributed by atoms with Crippen molar-refractivity contribution in [2.45, 2.75) is 128 Å². The number of likely N-dealkylation sites (N-methyl/N-ethyl adjacent to an activating group) is 1. The molecule has 0 heterocycles. The number of nitrogens with zero attached hydrogens (tertiary/aromatic N) is 1. The van der Waals surface area contributed by atoms with E-state index in [0.29, 0.717) is 6.42 Å². The predicted molar refractivity (Wildman–Crippen MR) is 121 cm³/mol. The van der Waals surface area contributed by atoms with Crippen molar-refractivity contribution in [2.75, 3.05) is 21.1 Å². The maximum absolute atomic E-state index is 11.4. The highest BCUT2D eigenvalue weighted by Gasteiger charge is 2.48. The van der Waals surface area contributed by atoms with Gasteiger partial charge in [-0.15, -0.1) is 0 Å². The van der Waals surface area contributed by atoms with Gasteiger partial charge in [0.1, 0.15) is 0 Å². The summed E-state index contributed by atoms with van der Waals surface area (Å²) in [5.41, 5.74) is 0. The van der Waals surface area contributed by atoms with Crippen LogP contribution >= 0.6 is 0 Å². The van der Waals surface area contributed by atoms with Crippen LogP contribution in [0.3, 0.4) is 0 Å². The van der Waals surface area contributed by atoms with Crippen molar-refractivity contribution in [3.63, 3.8) is 0 Å². The second-order valence-electron chi connectivity index (χ2n) is 9.79. The minimum absolute atomic E-state index is 0.0127. The molecule has 0 fully saturated rings. The van der Waals surface area contributed by atoms with Crippen molar-refractivity contribution in [1.82, 2.24) is 0 Å². The fraction of sp³-hybridized carbons (Fsp3) is 0.958. The molecule has 0 amide bonds. The number of unbranched alkanes of at least 4 members (excludes halogenated alkanes) is 15. The summed E-state index contributed by atoms with van der Waals surface area (Å²) < 4.78 is -0.0127. The molecule has 0 aromatic rings. The number of hydrogen-bond donors (Lipinski definition) is 3. The van der Waals surface area contributed by atoms with E-state index in [-0.39, 0.29) is 10.9 Å². The molecule has 0 aliphatic carbocycles. The smallest absolute Gasteiger partial charge is 0.368 e. The molecule has 0 aliphatic rings. The van der Waals surface area contributed by atoms with Gasteiger partial charge in [0.15, 0.2) is 0 Å². The van der Waals surface area contributed by atoms with Crippen LogP contribution in [-0.2, 0) is 4.79 Å². The molecule has 0 spiro atoms. The van der Waals surface area contributed by atoms with E-state index in [1.54, 1.807) is 21.1 Å². The number of aliphatic hydroxyl groups is 2. The molecule has 3 N–H and O–H groups in total. The summed E-state index contributed by atoms with van der Waals surface area (Å²) in [6, 6.07) is -1.24. The molecule has 174 valence electrons. The summed E-state index contributed by atoms with van der Waals surface area (Å²) >= 11 is 0. The van der Waals surface area contributed by atoms with Gasteiger partial charge in [-0.3, -0.25) is 0 Å². The Hall–Kier alpha value is -0.650. The van der Waals surface area contributed by atoms with Crippen LogP contribution < -0.4 is 0 Å². The predicted octanol–water partition coefficient (Wildman–Crippen LogP) is 5.48. The van der Waals surface area contributed by atoms with Crippen LogP contribution in [0, 0.1) is 0 Å². The van der Waals surface area contributed by atoms with E-state index in [1.807, 2.05) is 0 Å². The maximum Gasteiger partial charge on any atom is 0.368 e. The van der Waals surface area contributed by atoms with Gasteiger partial charge in [0.2, 0.25) is 11.8 Å². The van der Waals surface area contributed by atoms with Crippen LogP contribution in [0.25, 0.3) is 0 Å². The lowest BCUT2D eigenvalue weighted by Crippen LogP contribution is -2.62. The van der Waals surface area contributed by atoms with Gasteiger partial charge in [0.25, 0.3) is 0 Å². The van der Waals surface area contributed by atoms with E-state index >= 15 is 0 Å². The zero-order valence-electron chi connectivity index (χ0n) is 19.8. The number of rotatable bonds is 20. The minimum atomic E-state index is -2.17. The van der Waals surface area contributed by atoms with Gasteiger partial charge in [0.05, 0.1) is 21.1 Å². The lowest BCUT2D eigenvalue weighted by Gasteiger charge is -2.38. The Morgan fingerprint density at radius 1 is 0.690 bits per heavy atom. The van der Waals surface area contributed by atoms with Crippen LogP contribution in [0.1, 0.15) is 116 Å². The van der Waals surface area contributed by atoms with E-state index in [0.717, 1.165) is 12.8 Å². The lowest BCUT2D eigenvalue weighted by molar-refractivity contribution is -0.899. The van der Waals surface area contributed by atoms with Gasteiger partial charge in [-0.25, -0.2) is 4.79 Å². The third-order valence-electron chi connectivity index (χ3n) is 5.84. The molecule has 0 aromatic heterocycles.